The van der Waals surface area contributed by atoms with Crippen LogP contribution in [0.1, 0.15) is 44.6 Å². The van der Waals surface area contributed by atoms with Gasteiger partial charge in [-0.25, -0.2) is 9.67 Å². The van der Waals surface area contributed by atoms with Crippen LogP contribution in [0.2, 0.25) is 0 Å². The van der Waals surface area contributed by atoms with Crippen LogP contribution in [0.3, 0.4) is 0 Å². The third-order valence-electron chi connectivity index (χ3n) is 4.42. The molecule has 1 aliphatic carbocycles. The van der Waals surface area contributed by atoms with Crippen molar-refractivity contribution in [1.82, 2.24) is 19.7 Å². The van der Waals surface area contributed by atoms with Gasteiger partial charge in [-0.05, 0) is 25.7 Å². The summed E-state index contributed by atoms with van der Waals surface area (Å²) in [5.41, 5.74) is 5.66. The number of piperidine rings is 1. The second-order valence-corrected chi connectivity index (χ2v) is 5.79. The van der Waals surface area contributed by atoms with Crippen LogP contribution in [0.15, 0.2) is 12.7 Å². The molecule has 1 saturated carbocycles. The molecule has 2 heterocycles. The van der Waals surface area contributed by atoms with E-state index in [1.807, 2.05) is 9.58 Å². The molecule has 1 aliphatic heterocycles. The fraction of sp³-hybridized carbons (Fsp3) is 0.769. The highest BCUT2D eigenvalue weighted by molar-refractivity contribution is 5.86. The predicted molar refractivity (Wildman–Crippen MR) is 70.3 cm³/mol. The molecule has 1 atom stereocenters. The lowest BCUT2D eigenvalue weighted by atomic mass is 9.95. The van der Waals surface area contributed by atoms with Crippen molar-refractivity contribution in [2.75, 3.05) is 13.1 Å². The average Bonchev–Trinajstić information content (AvgIpc) is 3.10. The normalized spacial score (nSPS) is 26.6. The third-order valence-corrected chi connectivity index (χ3v) is 4.42. The topological polar surface area (TPSA) is 77.0 Å². The minimum atomic E-state index is -0.607. The summed E-state index contributed by atoms with van der Waals surface area (Å²) in [6.07, 6.45) is 9.13. The largest absolute Gasteiger partial charge is 0.339 e. The van der Waals surface area contributed by atoms with Crippen LogP contribution in [-0.2, 0) is 4.79 Å². The molecule has 19 heavy (non-hydrogen) atoms. The Balaban J connectivity index is 1.69. The Morgan fingerprint density at radius 3 is 2.79 bits per heavy atom. The third kappa shape index (κ3) is 2.36. The summed E-state index contributed by atoms with van der Waals surface area (Å²) < 4.78 is 1.86. The summed E-state index contributed by atoms with van der Waals surface area (Å²) in [7, 11) is 0. The van der Waals surface area contributed by atoms with Crippen molar-refractivity contribution in [2.45, 2.75) is 50.1 Å². The Labute approximate surface area is 113 Å². The van der Waals surface area contributed by atoms with Gasteiger partial charge in [0.1, 0.15) is 12.7 Å². The summed E-state index contributed by atoms with van der Waals surface area (Å²) in [4.78, 5) is 18.5. The van der Waals surface area contributed by atoms with Crippen LogP contribution in [0.25, 0.3) is 0 Å². The van der Waals surface area contributed by atoms with Gasteiger partial charge in [0.05, 0.1) is 11.6 Å². The van der Waals surface area contributed by atoms with Crippen LogP contribution < -0.4 is 5.73 Å². The van der Waals surface area contributed by atoms with E-state index >= 15 is 0 Å². The second kappa shape index (κ2) is 4.92. The van der Waals surface area contributed by atoms with Gasteiger partial charge in [0.2, 0.25) is 5.91 Å². The fourth-order valence-electron chi connectivity index (χ4n) is 3.30. The lowest BCUT2D eigenvalue weighted by molar-refractivity contribution is -0.138. The number of nitrogens with zero attached hydrogens (tertiary/aromatic N) is 4. The van der Waals surface area contributed by atoms with Gasteiger partial charge in [0, 0.05) is 13.1 Å². The Kier molecular flexibility index (Phi) is 3.26. The van der Waals surface area contributed by atoms with Crippen molar-refractivity contribution >= 4 is 5.91 Å². The van der Waals surface area contributed by atoms with Gasteiger partial charge >= 0.3 is 0 Å². The molecule has 2 fully saturated rings. The fourth-order valence-corrected chi connectivity index (χ4v) is 3.30. The molecule has 0 radical (unpaired) electrons. The Morgan fingerprint density at radius 1 is 1.32 bits per heavy atom. The summed E-state index contributed by atoms with van der Waals surface area (Å²) in [6, 6.07) is 0.241. The Bertz CT molecular complexity index is 438. The summed E-state index contributed by atoms with van der Waals surface area (Å²) in [6.45, 7) is 1.53. The molecule has 2 N–H and O–H groups in total. The monoisotopic (exact) mass is 263 g/mol. The van der Waals surface area contributed by atoms with Crippen LogP contribution >= 0.6 is 0 Å². The van der Waals surface area contributed by atoms with E-state index in [1.54, 1.807) is 12.7 Å². The zero-order valence-electron chi connectivity index (χ0n) is 11.2. The number of aromatic nitrogens is 3. The van der Waals surface area contributed by atoms with E-state index < -0.39 is 5.54 Å². The molecule has 0 aromatic carbocycles. The van der Waals surface area contributed by atoms with Crippen molar-refractivity contribution in [3.8, 4) is 0 Å². The Morgan fingerprint density at radius 2 is 2.11 bits per heavy atom. The van der Waals surface area contributed by atoms with Crippen molar-refractivity contribution < 1.29 is 4.79 Å². The lowest BCUT2D eigenvalue weighted by Crippen LogP contribution is -2.55. The van der Waals surface area contributed by atoms with Crippen LogP contribution in [0.4, 0.5) is 0 Å². The van der Waals surface area contributed by atoms with Gasteiger partial charge in [-0.1, -0.05) is 12.8 Å². The molecule has 1 saturated heterocycles. The van der Waals surface area contributed by atoms with Crippen molar-refractivity contribution in [1.29, 1.82) is 0 Å². The smallest absolute Gasteiger partial charge is 0.242 e. The maximum absolute atomic E-state index is 12.6. The highest BCUT2D eigenvalue weighted by Crippen LogP contribution is 2.31. The second-order valence-electron chi connectivity index (χ2n) is 5.79. The summed E-state index contributed by atoms with van der Waals surface area (Å²) in [5.74, 6) is 0.134. The number of hydrogen-bond donors (Lipinski definition) is 1. The Hall–Kier alpha value is -1.43. The van der Waals surface area contributed by atoms with Gasteiger partial charge < -0.3 is 10.6 Å². The van der Waals surface area contributed by atoms with Crippen LogP contribution in [0, 0.1) is 0 Å². The van der Waals surface area contributed by atoms with Crippen molar-refractivity contribution in [3.05, 3.63) is 12.7 Å². The van der Waals surface area contributed by atoms with E-state index in [0.717, 1.165) is 45.1 Å². The quantitative estimate of drug-likeness (QED) is 0.852. The number of rotatable bonds is 2. The first kappa shape index (κ1) is 12.6. The zero-order valence-corrected chi connectivity index (χ0v) is 11.2. The minimum absolute atomic E-state index is 0.134. The highest BCUT2D eigenvalue weighted by atomic mass is 16.2. The first-order chi connectivity index (χ1) is 9.19. The first-order valence-corrected chi connectivity index (χ1v) is 7.11. The van der Waals surface area contributed by atoms with Gasteiger partial charge in [0.15, 0.2) is 0 Å². The van der Waals surface area contributed by atoms with Gasteiger partial charge in [-0.3, -0.25) is 4.79 Å². The maximum atomic E-state index is 12.6. The van der Waals surface area contributed by atoms with Crippen molar-refractivity contribution in [2.24, 2.45) is 5.73 Å². The molecule has 1 aromatic rings. The van der Waals surface area contributed by atoms with Gasteiger partial charge in [-0.2, -0.15) is 5.10 Å². The lowest BCUT2D eigenvalue weighted by Gasteiger charge is -2.37. The average molecular weight is 263 g/mol. The number of nitrogens with two attached hydrogens (primary N) is 1. The molecule has 1 amide bonds. The van der Waals surface area contributed by atoms with E-state index in [-0.39, 0.29) is 11.9 Å². The number of likely N-dealkylation sites (tertiary alicyclic amines) is 1. The highest BCUT2D eigenvalue weighted by Gasteiger charge is 2.41. The van der Waals surface area contributed by atoms with Crippen LogP contribution in [-0.4, -0.2) is 44.2 Å². The van der Waals surface area contributed by atoms with E-state index in [4.69, 9.17) is 5.73 Å². The molecular weight excluding hydrogens is 242 g/mol. The molecule has 0 spiro atoms. The van der Waals surface area contributed by atoms with Gasteiger partial charge in [0.25, 0.3) is 0 Å². The molecule has 2 aliphatic rings. The van der Waals surface area contributed by atoms with Crippen LogP contribution in [0.5, 0.6) is 0 Å². The standard InChI is InChI=1S/C13H21N5O/c14-13(5-1-2-6-13)12(19)17-7-3-4-11(8-17)18-10-15-9-16-18/h9-11H,1-8,14H2. The maximum Gasteiger partial charge on any atom is 0.242 e. The summed E-state index contributed by atoms with van der Waals surface area (Å²) >= 11 is 0. The molecule has 0 bridgehead atoms. The number of carbonyl (C=O) groups is 1. The molecule has 1 aromatic heterocycles. The van der Waals surface area contributed by atoms with E-state index in [2.05, 4.69) is 10.1 Å². The van der Waals surface area contributed by atoms with E-state index in [1.165, 1.54) is 0 Å². The molecule has 6 nitrogen and oxygen atoms in total. The molecule has 3 rings (SSSR count). The summed E-state index contributed by atoms with van der Waals surface area (Å²) in [5, 5.41) is 4.18. The zero-order chi connectivity index (χ0) is 13.3. The SMILES string of the molecule is NC1(C(=O)N2CCCC(n3cncn3)C2)CCCC1. The molecule has 6 heteroatoms. The number of carbonyl (C=O) groups excluding carboxylic acids is 1. The minimum Gasteiger partial charge on any atom is -0.339 e. The van der Waals surface area contributed by atoms with E-state index in [9.17, 15) is 4.79 Å². The molecule has 1 unspecified atom stereocenters. The van der Waals surface area contributed by atoms with Gasteiger partial charge in [-0.15, -0.1) is 0 Å². The molecular formula is C13H21N5O. The van der Waals surface area contributed by atoms with Crippen molar-refractivity contribution in [3.63, 3.8) is 0 Å². The number of amides is 1. The van der Waals surface area contributed by atoms with E-state index in [0.29, 0.717) is 6.54 Å². The predicted octanol–water partition coefficient (Wildman–Crippen LogP) is 0.713. The first-order valence-electron chi connectivity index (χ1n) is 7.11. The number of hydrogen-bond acceptors (Lipinski definition) is 4. The molecule has 104 valence electrons.